The van der Waals surface area contributed by atoms with Crippen molar-refractivity contribution in [3.63, 3.8) is 0 Å². The number of hydrogen-bond donors (Lipinski definition) is 1. The lowest BCUT2D eigenvalue weighted by atomic mass is 10.1. The molecule has 2 aromatic heterocycles. The maximum absolute atomic E-state index is 5.82. The van der Waals surface area contributed by atoms with Crippen molar-refractivity contribution in [2.24, 2.45) is 0 Å². The van der Waals surface area contributed by atoms with Crippen molar-refractivity contribution in [3.8, 4) is 0 Å². The summed E-state index contributed by atoms with van der Waals surface area (Å²) in [6.07, 6.45) is 3.49. The van der Waals surface area contributed by atoms with E-state index in [9.17, 15) is 0 Å². The molecule has 70 valence electrons. The first kappa shape index (κ1) is 7.70. The molecular weight excluding hydrogens is 178 g/mol. The number of anilines is 1. The van der Waals surface area contributed by atoms with Crippen molar-refractivity contribution in [2.45, 2.75) is 13.2 Å². The van der Waals surface area contributed by atoms with Crippen molar-refractivity contribution >= 4 is 16.7 Å². The number of ether oxygens (including phenoxy) is 1. The van der Waals surface area contributed by atoms with E-state index < -0.39 is 0 Å². The summed E-state index contributed by atoms with van der Waals surface area (Å²) >= 11 is 0. The largest absolute Gasteiger partial charge is 0.383 e. The molecule has 0 saturated carbocycles. The van der Waals surface area contributed by atoms with Crippen LogP contribution in [0.15, 0.2) is 18.5 Å². The van der Waals surface area contributed by atoms with Crippen molar-refractivity contribution in [1.82, 2.24) is 9.97 Å². The van der Waals surface area contributed by atoms with Crippen molar-refractivity contribution in [3.05, 3.63) is 29.6 Å². The van der Waals surface area contributed by atoms with Crippen LogP contribution in [0.5, 0.6) is 0 Å². The van der Waals surface area contributed by atoms with E-state index in [4.69, 9.17) is 10.5 Å². The van der Waals surface area contributed by atoms with Gasteiger partial charge in [-0.05, 0) is 11.6 Å². The molecule has 0 fully saturated rings. The third kappa shape index (κ3) is 0.914. The van der Waals surface area contributed by atoms with Crippen LogP contribution in [0.2, 0.25) is 0 Å². The summed E-state index contributed by atoms with van der Waals surface area (Å²) in [5.74, 6) is 0.568. The predicted octanol–water partition coefficient (Wildman–Crippen LogP) is 1.24. The highest BCUT2D eigenvalue weighted by Gasteiger charge is 2.18. The van der Waals surface area contributed by atoms with Gasteiger partial charge in [-0.3, -0.25) is 4.98 Å². The minimum absolute atomic E-state index is 0.568. The van der Waals surface area contributed by atoms with Gasteiger partial charge in [0.2, 0.25) is 0 Å². The zero-order valence-corrected chi connectivity index (χ0v) is 7.53. The Bertz CT molecular complexity index is 510. The number of rotatable bonds is 0. The second-order valence-electron chi connectivity index (χ2n) is 3.34. The lowest BCUT2D eigenvalue weighted by Gasteiger charge is -2.04. The second kappa shape index (κ2) is 2.65. The SMILES string of the molecule is Nc1nc2cnccc2c2c1COC2. The molecule has 1 aliphatic rings. The maximum Gasteiger partial charge on any atom is 0.130 e. The van der Waals surface area contributed by atoms with Gasteiger partial charge in [-0.15, -0.1) is 0 Å². The van der Waals surface area contributed by atoms with Crippen LogP contribution in [0.4, 0.5) is 5.82 Å². The number of fused-ring (bicyclic) bond motifs is 3. The number of hydrogen-bond acceptors (Lipinski definition) is 4. The monoisotopic (exact) mass is 187 g/mol. The predicted molar refractivity (Wildman–Crippen MR) is 52.4 cm³/mol. The number of nitrogens with zero attached hydrogens (tertiary/aromatic N) is 2. The fourth-order valence-electron chi connectivity index (χ4n) is 1.83. The van der Waals surface area contributed by atoms with E-state index in [0.717, 1.165) is 22.0 Å². The lowest BCUT2D eigenvalue weighted by Crippen LogP contribution is -1.98. The van der Waals surface area contributed by atoms with E-state index in [-0.39, 0.29) is 0 Å². The highest BCUT2D eigenvalue weighted by Crippen LogP contribution is 2.30. The van der Waals surface area contributed by atoms with Gasteiger partial charge in [0.1, 0.15) is 5.82 Å². The van der Waals surface area contributed by atoms with E-state index in [1.165, 1.54) is 0 Å². The number of nitrogens with two attached hydrogens (primary N) is 1. The van der Waals surface area contributed by atoms with Crippen molar-refractivity contribution in [1.29, 1.82) is 0 Å². The van der Waals surface area contributed by atoms with E-state index in [1.807, 2.05) is 6.07 Å². The molecule has 3 heterocycles. The van der Waals surface area contributed by atoms with Gasteiger partial charge in [0.15, 0.2) is 0 Å². The molecule has 4 heteroatoms. The average molecular weight is 187 g/mol. The fraction of sp³-hybridized carbons (Fsp3) is 0.200. The third-order valence-corrected chi connectivity index (χ3v) is 2.53. The molecule has 0 radical (unpaired) electrons. The zero-order chi connectivity index (χ0) is 9.54. The van der Waals surface area contributed by atoms with Crippen LogP contribution < -0.4 is 5.73 Å². The normalized spacial score (nSPS) is 14.6. The van der Waals surface area contributed by atoms with Crippen LogP contribution >= 0.6 is 0 Å². The molecule has 0 aliphatic carbocycles. The molecule has 2 N–H and O–H groups in total. The quantitative estimate of drug-likeness (QED) is 0.674. The summed E-state index contributed by atoms with van der Waals surface area (Å²) in [6, 6.07) is 1.95. The van der Waals surface area contributed by atoms with Gasteiger partial charge in [0.05, 0.1) is 24.9 Å². The highest BCUT2D eigenvalue weighted by atomic mass is 16.5. The molecular formula is C10H9N3O. The number of pyridine rings is 2. The Hall–Kier alpha value is -1.68. The average Bonchev–Trinajstić information content (AvgIpc) is 2.67. The molecule has 0 amide bonds. The topological polar surface area (TPSA) is 61.0 Å². The van der Waals surface area contributed by atoms with Crippen LogP contribution in [0.25, 0.3) is 10.9 Å². The van der Waals surface area contributed by atoms with Crippen molar-refractivity contribution < 1.29 is 4.74 Å². The lowest BCUT2D eigenvalue weighted by molar-refractivity contribution is 0.135. The molecule has 0 bridgehead atoms. The van der Waals surface area contributed by atoms with Crippen LogP contribution in [-0.2, 0) is 18.0 Å². The molecule has 0 saturated heterocycles. The summed E-state index contributed by atoms with van der Waals surface area (Å²) in [7, 11) is 0. The first-order valence-electron chi connectivity index (χ1n) is 4.45. The number of aromatic nitrogens is 2. The summed E-state index contributed by atoms with van der Waals surface area (Å²) in [5.41, 5.74) is 8.85. The highest BCUT2D eigenvalue weighted by molar-refractivity contribution is 5.85. The summed E-state index contributed by atoms with van der Waals surface area (Å²) < 4.78 is 5.36. The molecule has 1 aliphatic heterocycles. The second-order valence-corrected chi connectivity index (χ2v) is 3.34. The fourth-order valence-corrected chi connectivity index (χ4v) is 1.83. The van der Waals surface area contributed by atoms with Crippen LogP contribution in [-0.4, -0.2) is 9.97 Å². The summed E-state index contributed by atoms with van der Waals surface area (Å²) in [5, 5.41) is 1.10. The van der Waals surface area contributed by atoms with E-state index in [0.29, 0.717) is 19.0 Å². The van der Waals surface area contributed by atoms with Crippen LogP contribution in [0, 0.1) is 0 Å². The van der Waals surface area contributed by atoms with Gasteiger partial charge in [-0.25, -0.2) is 4.98 Å². The standard InChI is InChI=1S/C10H9N3O/c11-10-8-5-14-4-7(8)6-1-2-12-3-9(6)13-10/h1-3H,4-5H2,(H2,11,13). The summed E-state index contributed by atoms with van der Waals surface area (Å²) in [4.78, 5) is 8.30. The molecule has 2 aromatic rings. The van der Waals surface area contributed by atoms with Gasteiger partial charge in [0.25, 0.3) is 0 Å². The summed E-state index contributed by atoms with van der Waals surface area (Å²) in [6.45, 7) is 1.20. The van der Waals surface area contributed by atoms with Gasteiger partial charge >= 0.3 is 0 Å². The van der Waals surface area contributed by atoms with Gasteiger partial charge in [-0.2, -0.15) is 0 Å². The van der Waals surface area contributed by atoms with E-state index in [1.54, 1.807) is 12.4 Å². The van der Waals surface area contributed by atoms with Gasteiger partial charge in [0, 0.05) is 17.1 Å². The zero-order valence-electron chi connectivity index (χ0n) is 7.53. The molecule has 0 spiro atoms. The van der Waals surface area contributed by atoms with Crippen LogP contribution in [0.3, 0.4) is 0 Å². The Kier molecular flexibility index (Phi) is 1.46. The minimum Gasteiger partial charge on any atom is -0.383 e. The molecule has 0 aromatic carbocycles. The Labute approximate surface area is 80.7 Å². The van der Waals surface area contributed by atoms with Crippen molar-refractivity contribution in [2.75, 3.05) is 5.73 Å². The maximum atomic E-state index is 5.82. The molecule has 3 rings (SSSR count). The Morgan fingerprint density at radius 2 is 2.14 bits per heavy atom. The molecule has 14 heavy (non-hydrogen) atoms. The van der Waals surface area contributed by atoms with E-state index in [2.05, 4.69) is 9.97 Å². The minimum atomic E-state index is 0.568. The number of nitrogen functional groups attached to an aromatic ring is 1. The Morgan fingerprint density at radius 3 is 3.07 bits per heavy atom. The smallest absolute Gasteiger partial charge is 0.130 e. The Morgan fingerprint density at radius 1 is 1.29 bits per heavy atom. The van der Waals surface area contributed by atoms with Gasteiger partial charge in [-0.1, -0.05) is 0 Å². The van der Waals surface area contributed by atoms with Gasteiger partial charge < -0.3 is 10.5 Å². The molecule has 0 atom stereocenters. The van der Waals surface area contributed by atoms with Crippen LogP contribution in [0.1, 0.15) is 11.1 Å². The first-order valence-corrected chi connectivity index (χ1v) is 4.45. The third-order valence-electron chi connectivity index (χ3n) is 2.53. The molecule has 4 nitrogen and oxygen atoms in total. The van der Waals surface area contributed by atoms with E-state index >= 15 is 0 Å². The first-order chi connectivity index (χ1) is 6.86. The molecule has 0 unspecified atom stereocenters. The Balaban J connectivity index is 2.46.